The van der Waals surface area contributed by atoms with Crippen LogP contribution in [0.25, 0.3) is 0 Å². The number of benzene rings is 1. The largest absolute Gasteiger partial charge is 0.383 e. The molecule has 7 atom stereocenters. The standard InChI is InChI=1S/C21H25N2O8PS3/c1-21(26)18-14(29-19(21)23-8-7-17(24)22-20(23)25)10-28-32(33,31-18)30-16-12-35-34-11-15(16)27-9-13-5-3-2-4-6-13/h2-8,14-16,18-19,26H,9-12H2,1H3,(H,22,24,25)/t14-,15+,16?,18-,19?,21-,32?/m1/s1. The lowest BCUT2D eigenvalue weighted by atomic mass is 9.96. The first-order valence-corrected chi connectivity index (χ1v) is 16.0. The van der Waals surface area contributed by atoms with Gasteiger partial charge in [-0.25, -0.2) is 4.79 Å². The molecule has 3 unspecified atom stereocenters. The highest BCUT2D eigenvalue weighted by Gasteiger charge is 2.59. The summed E-state index contributed by atoms with van der Waals surface area (Å²) < 4.78 is 31.4. The second-order valence-electron chi connectivity index (χ2n) is 8.59. The molecule has 4 heterocycles. The van der Waals surface area contributed by atoms with E-state index >= 15 is 0 Å². The first-order chi connectivity index (χ1) is 16.7. The van der Waals surface area contributed by atoms with Crippen LogP contribution in [0, 0.1) is 0 Å². The average molecular weight is 561 g/mol. The minimum absolute atomic E-state index is 0.0385. The summed E-state index contributed by atoms with van der Waals surface area (Å²) in [6, 6.07) is 11.1. The summed E-state index contributed by atoms with van der Waals surface area (Å²) in [5, 5.41) is 11.3. The smallest absolute Gasteiger partial charge is 0.330 e. The number of aromatic nitrogens is 2. The Kier molecular flexibility index (Phi) is 7.63. The van der Waals surface area contributed by atoms with Crippen LogP contribution in [0.5, 0.6) is 0 Å². The number of fused-ring (bicyclic) bond motifs is 1. The number of aliphatic hydroxyl groups is 1. The van der Waals surface area contributed by atoms with E-state index in [1.54, 1.807) is 21.6 Å². The van der Waals surface area contributed by atoms with E-state index < -0.39 is 42.0 Å². The van der Waals surface area contributed by atoms with Crippen LogP contribution in [0.2, 0.25) is 0 Å². The number of nitrogens with one attached hydrogen (secondary N) is 1. The fraction of sp³-hybridized carbons (Fsp3) is 0.524. The number of nitrogens with zero attached hydrogens (tertiary/aromatic N) is 1. The van der Waals surface area contributed by atoms with E-state index in [1.807, 2.05) is 30.3 Å². The SMILES string of the molecule is C[C@]1(O)C(n2ccc(=O)[nH]c2=O)O[C@@H]2COP(=S)(OC3CSSC[C@@H]3OCc3ccccc3)O[C@H]21. The van der Waals surface area contributed by atoms with Crippen molar-refractivity contribution in [2.24, 2.45) is 0 Å². The third-order valence-corrected chi connectivity index (χ3v) is 10.7. The molecule has 0 bridgehead atoms. The Morgan fingerprint density at radius 1 is 1.23 bits per heavy atom. The highest BCUT2D eigenvalue weighted by molar-refractivity contribution is 8.76. The van der Waals surface area contributed by atoms with Gasteiger partial charge in [0.1, 0.15) is 23.9 Å². The van der Waals surface area contributed by atoms with E-state index in [2.05, 4.69) is 4.98 Å². The summed E-state index contributed by atoms with van der Waals surface area (Å²) in [5.74, 6) is 1.37. The van der Waals surface area contributed by atoms with Crippen LogP contribution in [0.4, 0.5) is 0 Å². The number of rotatable bonds is 6. The predicted octanol–water partition coefficient (Wildman–Crippen LogP) is 2.19. The highest BCUT2D eigenvalue weighted by Crippen LogP contribution is 2.60. The molecule has 3 fully saturated rings. The van der Waals surface area contributed by atoms with Gasteiger partial charge < -0.3 is 23.6 Å². The molecule has 3 aliphatic rings. The van der Waals surface area contributed by atoms with Crippen LogP contribution in [0.1, 0.15) is 18.7 Å². The zero-order chi connectivity index (χ0) is 24.6. The minimum Gasteiger partial charge on any atom is -0.383 e. The number of ether oxygens (including phenoxy) is 2. The molecule has 2 N–H and O–H groups in total. The van der Waals surface area contributed by atoms with Gasteiger partial charge in [0.15, 0.2) is 6.23 Å². The van der Waals surface area contributed by atoms with E-state index in [4.69, 9.17) is 34.9 Å². The van der Waals surface area contributed by atoms with Gasteiger partial charge in [0, 0.05) is 23.8 Å². The molecular formula is C21H25N2O8PS3. The third-order valence-electron chi connectivity index (χ3n) is 5.99. The monoisotopic (exact) mass is 560 g/mol. The topological polar surface area (TPSA) is 121 Å². The van der Waals surface area contributed by atoms with Crippen molar-refractivity contribution >= 4 is 40.1 Å². The highest BCUT2D eigenvalue weighted by atomic mass is 33.1. The molecule has 1 aromatic heterocycles. The van der Waals surface area contributed by atoms with Crippen LogP contribution >= 0.6 is 28.3 Å². The molecule has 0 radical (unpaired) electrons. The number of H-pyrrole nitrogens is 1. The van der Waals surface area contributed by atoms with Crippen LogP contribution in [0.3, 0.4) is 0 Å². The molecule has 0 aliphatic carbocycles. The Bertz CT molecular complexity index is 1210. The molecule has 3 saturated heterocycles. The maximum absolute atomic E-state index is 12.3. The van der Waals surface area contributed by atoms with Crippen molar-refractivity contribution in [3.63, 3.8) is 0 Å². The van der Waals surface area contributed by atoms with E-state index in [9.17, 15) is 14.7 Å². The fourth-order valence-electron chi connectivity index (χ4n) is 4.18. The molecule has 190 valence electrons. The van der Waals surface area contributed by atoms with Gasteiger partial charge >= 0.3 is 12.4 Å². The Balaban J connectivity index is 1.29. The van der Waals surface area contributed by atoms with Gasteiger partial charge in [-0.3, -0.25) is 18.9 Å². The molecule has 2 aromatic rings. The van der Waals surface area contributed by atoms with Crippen molar-refractivity contribution in [1.29, 1.82) is 0 Å². The number of hydrogen-bond acceptors (Lipinski definition) is 11. The van der Waals surface area contributed by atoms with Crippen molar-refractivity contribution in [1.82, 2.24) is 9.55 Å². The molecule has 14 heteroatoms. The van der Waals surface area contributed by atoms with Gasteiger partial charge in [-0.05, 0) is 24.3 Å². The van der Waals surface area contributed by atoms with Crippen LogP contribution in [-0.4, -0.2) is 62.8 Å². The summed E-state index contributed by atoms with van der Waals surface area (Å²) in [5.41, 5.74) is -1.82. The first-order valence-electron chi connectivity index (χ1n) is 11.0. The van der Waals surface area contributed by atoms with E-state index in [0.717, 1.165) is 15.9 Å². The second-order valence-corrected chi connectivity index (χ2v) is 14.1. The van der Waals surface area contributed by atoms with E-state index in [-0.39, 0.29) is 18.8 Å². The summed E-state index contributed by atoms with van der Waals surface area (Å²) in [6.07, 6.45) is -1.95. The molecule has 3 aliphatic heterocycles. The van der Waals surface area contributed by atoms with Crippen molar-refractivity contribution in [3.05, 3.63) is 69.0 Å². The summed E-state index contributed by atoms with van der Waals surface area (Å²) in [6.45, 7) is -1.27. The molecular weight excluding hydrogens is 535 g/mol. The maximum atomic E-state index is 12.3. The molecule has 0 amide bonds. The number of hydrogen-bond donors (Lipinski definition) is 2. The van der Waals surface area contributed by atoms with Gasteiger partial charge in [-0.2, -0.15) is 0 Å². The van der Waals surface area contributed by atoms with Crippen LogP contribution < -0.4 is 11.2 Å². The average Bonchev–Trinajstić information content (AvgIpc) is 3.08. The predicted molar refractivity (Wildman–Crippen MR) is 136 cm³/mol. The summed E-state index contributed by atoms with van der Waals surface area (Å²) in [4.78, 5) is 25.9. The molecule has 0 saturated carbocycles. The summed E-state index contributed by atoms with van der Waals surface area (Å²) in [7, 11) is 3.38. The van der Waals surface area contributed by atoms with Gasteiger partial charge in [0.05, 0.1) is 19.3 Å². The molecule has 35 heavy (non-hydrogen) atoms. The fourth-order valence-corrected chi connectivity index (χ4v) is 9.18. The minimum atomic E-state index is -3.26. The lowest BCUT2D eigenvalue weighted by Crippen LogP contribution is -2.49. The van der Waals surface area contributed by atoms with Gasteiger partial charge in [0.2, 0.25) is 0 Å². The third kappa shape index (κ3) is 5.49. The van der Waals surface area contributed by atoms with Crippen molar-refractivity contribution in [3.8, 4) is 0 Å². The van der Waals surface area contributed by atoms with Gasteiger partial charge in [0.25, 0.3) is 5.56 Å². The van der Waals surface area contributed by atoms with Crippen molar-refractivity contribution in [2.45, 2.75) is 49.8 Å². The Hall–Kier alpha value is -0.990. The Morgan fingerprint density at radius 2 is 1.97 bits per heavy atom. The van der Waals surface area contributed by atoms with Gasteiger partial charge in [-0.1, -0.05) is 51.9 Å². The van der Waals surface area contributed by atoms with Crippen LogP contribution in [-0.2, 0) is 41.5 Å². The Morgan fingerprint density at radius 3 is 2.71 bits per heavy atom. The first kappa shape index (κ1) is 25.7. The molecule has 10 nitrogen and oxygen atoms in total. The number of aromatic amines is 1. The van der Waals surface area contributed by atoms with E-state index in [1.165, 1.54) is 19.2 Å². The quantitative estimate of drug-likeness (QED) is 0.400. The van der Waals surface area contributed by atoms with Gasteiger partial charge in [-0.15, -0.1) is 0 Å². The second kappa shape index (κ2) is 10.4. The molecule has 5 rings (SSSR count). The van der Waals surface area contributed by atoms with Crippen LogP contribution in [0.15, 0.2) is 52.2 Å². The zero-order valence-corrected chi connectivity index (χ0v) is 22.0. The van der Waals surface area contributed by atoms with E-state index in [0.29, 0.717) is 12.4 Å². The normalized spacial score (nSPS) is 37.1. The lowest BCUT2D eigenvalue weighted by Gasteiger charge is -2.40. The molecule has 1 aromatic carbocycles. The maximum Gasteiger partial charge on any atom is 0.330 e. The zero-order valence-electron chi connectivity index (χ0n) is 18.7. The van der Waals surface area contributed by atoms with Crippen molar-refractivity contribution in [2.75, 3.05) is 18.1 Å². The molecule has 0 spiro atoms. The van der Waals surface area contributed by atoms with Crippen molar-refractivity contribution < 1.29 is 28.2 Å². The Labute approximate surface area is 214 Å². The lowest BCUT2D eigenvalue weighted by molar-refractivity contribution is -0.0940. The summed E-state index contributed by atoms with van der Waals surface area (Å²) >= 11 is 5.68.